The van der Waals surface area contributed by atoms with E-state index in [-0.39, 0.29) is 29.0 Å². The van der Waals surface area contributed by atoms with Crippen molar-refractivity contribution >= 4 is 34.5 Å². The van der Waals surface area contributed by atoms with Crippen LogP contribution in [0.2, 0.25) is 0 Å². The van der Waals surface area contributed by atoms with E-state index in [1.165, 1.54) is 34.9 Å². The molecule has 1 aromatic carbocycles. The number of rotatable bonds is 4. The van der Waals surface area contributed by atoms with Gasteiger partial charge >= 0.3 is 5.97 Å². The van der Waals surface area contributed by atoms with E-state index in [2.05, 4.69) is 4.99 Å². The number of amides is 1. The molecule has 8 nitrogen and oxygen atoms in total. The topological polar surface area (TPSA) is 102 Å². The molecule has 0 saturated carbocycles. The van der Waals surface area contributed by atoms with Crippen molar-refractivity contribution in [2.45, 2.75) is 32.1 Å². The second-order valence-corrected chi connectivity index (χ2v) is 7.14. The fourth-order valence-electron chi connectivity index (χ4n) is 3.00. The largest absolute Gasteiger partial charge is 0.463 e. The molecular weight excluding hydrogens is 358 g/mol. The van der Waals surface area contributed by atoms with Crippen LogP contribution in [0.5, 0.6) is 0 Å². The van der Waals surface area contributed by atoms with Gasteiger partial charge in [-0.15, -0.1) is 0 Å². The molecule has 2 aliphatic heterocycles. The highest BCUT2D eigenvalue weighted by atomic mass is 32.2. The van der Waals surface area contributed by atoms with E-state index in [0.29, 0.717) is 16.4 Å². The third kappa shape index (κ3) is 2.98. The molecule has 0 unspecified atom stereocenters. The number of hydrogen-bond acceptors (Lipinski definition) is 7. The molecule has 0 aliphatic carbocycles. The molecule has 2 aliphatic rings. The number of ether oxygens (including phenoxy) is 1. The summed E-state index contributed by atoms with van der Waals surface area (Å²) in [5, 5.41) is 11.3. The number of nitrogens with zero attached hydrogens (tertiary/aromatic N) is 3. The summed E-state index contributed by atoms with van der Waals surface area (Å²) in [4.78, 5) is 41.7. The fourth-order valence-corrected chi connectivity index (χ4v) is 4.03. The standard InChI is InChI=1S/C17H17N3O5S/c1-4-25-16(22)13-9(2)18-17-19(15(21)10(3)26-17)14(13)11-6-5-7-12(8-11)20(23)24/h5-8,10,14H,4H2,1-3H3/t10-,14-/m1/s1. The van der Waals surface area contributed by atoms with Gasteiger partial charge in [-0.2, -0.15) is 0 Å². The minimum atomic E-state index is -0.800. The van der Waals surface area contributed by atoms with Gasteiger partial charge in [0.25, 0.3) is 5.69 Å². The van der Waals surface area contributed by atoms with Crippen molar-refractivity contribution < 1.29 is 19.2 Å². The molecule has 2 heterocycles. The van der Waals surface area contributed by atoms with Crippen molar-refractivity contribution in [3.63, 3.8) is 0 Å². The number of nitro benzene ring substituents is 1. The van der Waals surface area contributed by atoms with Gasteiger partial charge in [-0.3, -0.25) is 19.8 Å². The lowest BCUT2D eigenvalue weighted by Gasteiger charge is -2.32. The molecule has 1 saturated heterocycles. The second kappa shape index (κ2) is 6.91. The predicted molar refractivity (Wildman–Crippen MR) is 96.5 cm³/mol. The molecule has 0 aromatic heterocycles. The zero-order chi connectivity index (χ0) is 19.0. The number of hydrogen-bond donors (Lipinski definition) is 0. The Morgan fingerprint density at radius 1 is 1.46 bits per heavy atom. The maximum Gasteiger partial charge on any atom is 0.338 e. The van der Waals surface area contributed by atoms with Crippen LogP contribution in [0.1, 0.15) is 32.4 Å². The fraction of sp³-hybridized carbons (Fsp3) is 0.353. The Labute approximate surface area is 154 Å². The van der Waals surface area contributed by atoms with E-state index in [9.17, 15) is 19.7 Å². The van der Waals surface area contributed by atoms with Crippen molar-refractivity contribution in [3.05, 3.63) is 51.2 Å². The number of carbonyl (C=O) groups excluding carboxylic acids is 2. The van der Waals surface area contributed by atoms with E-state index >= 15 is 0 Å². The van der Waals surface area contributed by atoms with Crippen molar-refractivity contribution in [2.24, 2.45) is 4.99 Å². The van der Waals surface area contributed by atoms with Crippen LogP contribution in [-0.4, -0.2) is 38.7 Å². The van der Waals surface area contributed by atoms with Gasteiger partial charge in [0.05, 0.1) is 34.1 Å². The van der Waals surface area contributed by atoms with Crippen LogP contribution in [0.15, 0.2) is 40.5 Å². The molecule has 9 heteroatoms. The molecule has 1 amide bonds. The van der Waals surface area contributed by atoms with Crippen LogP contribution in [-0.2, 0) is 14.3 Å². The Bertz CT molecular complexity index is 864. The number of thioether (sulfide) groups is 1. The van der Waals surface area contributed by atoms with Crippen LogP contribution < -0.4 is 0 Å². The average molecular weight is 375 g/mol. The maximum atomic E-state index is 12.7. The summed E-state index contributed by atoms with van der Waals surface area (Å²) >= 11 is 1.30. The number of non-ortho nitro benzene ring substituents is 1. The van der Waals surface area contributed by atoms with E-state index < -0.39 is 16.9 Å². The van der Waals surface area contributed by atoms with Crippen molar-refractivity contribution in [1.29, 1.82) is 0 Å². The number of nitro groups is 1. The van der Waals surface area contributed by atoms with Gasteiger partial charge < -0.3 is 4.74 Å². The van der Waals surface area contributed by atoms with Crippen LogP contribution in [0, 0.1) is 10.1 Å². The molecule has 2 atom stereocenters. The normalized spacial score (nSPS) is 22.2. The van der Waals surface area contributed by atoms with Crippen molar-refractivity contribution in [3.8, 4) is 0 Å². The molecular formula is C17H17N3O5S. The lowest BCUT2D eigenvalue weighted by Crippen LogP contribution is -2.40. The van der Waals surface area contributed by atoms with E-state index in [1.807, 2.05) is 0 Å². The molecule has 0 bridgehead atoms. The second-order valence-electron chi connectivity index (χ2n) is 5.84. The van der Waals surface area contributed by atoms with Gasteiger partial charge in [-0.25, -0.2) is 9.79 Å². The minimum absolute atomic E-state index is 0.111. The lowest BCUT2D eigenvalue weighted by atomic mass is 9.94. The summed E-state index contributed by atoms with van der Waals surface area (Å²) in [7, 11) is 0. The number of carbonyl (C=O) groups is 2. The minimum Gasteiger partial charge on any atom is -0.463 e. The molecule has 26 heavy (non-hydrogen) atoms. The Balaban J connectivity index is 2.17. The molecule has 136 valence electrons. The Morgan fingerprint density at radius 3 is 2.85 bits per heavy atom. The zero-order valence-corrected chi connectivity index (χ0v) is 15.3. The Kier molecular flexibility index (Phi) is 4.82. The monoisotopic (exact) mass is 375 g/mol. The number of fused-ring (bicyclic) bond motifs is 1. The summed E-state index contributed by atoms with van der Waals surface area (Å²) in [6.07, 6.45) is 0. The molecule has 1 fully saturated rings. The van der Waals surface area contributed by atoms with Gasteiger partial charge in [0.2, 0.25) is 5.91 Å². The highest BCUT2D eigenvalue weighted by molar-refractivity contribution is 8.15. The smallest absolute Gasteiger partial charge is 0.338 e. The average Bonchev–Trinajstić information content (AvgIpc) is 2.87. The van der Waals surface area contributed by atoms with Crippen molar-refractivity contribution in [1.82, 2.24) is 4.90 Å². The van der Waals surface area contributed by atoms with Crippen LogP contribution in [0.4, 0.5) is 5.69 Å². The molecule has 0 spiro atoms. The SMILES string of the molecule is CCOC(=O)C1=C(C)N=C2S[C@H](C)C(=O)N2[C@@H]1c1cccc([N+](=O)[O-])c1. The molecule has 3 rings (SSSR count). The lowest BCUT2D eigenvalue weighted by molar-refractivity contribution is -0.384. The van der Waals surface area contributed by atoms with Crippen molar-refractivity contribution in [2.75, 3.05) is 6.61 Å². The van der Waals surface area contributed by atoms with E-state index in [0.717, 1.165) is 0 Å². The van der Waals surface area contributed by atoms with E-state index in [1.54, 1.807) is 26.8 Å². The van der Waals surface area contributed by atoms with Crippen LogP contribution in [0.3, 0.4) is 0 Å². The summed E-state index contributed by atoms with van der Waals surface area (Å²) in [6.45, 7) is 5.30. The maximum absolute atomic E-state index is 12.7. The zero-order valence-electron chi connectivity index (χ0n) is 14.5. The summed E-state index contributed by atoms with van der Waals surface area (Å²) < 4.78 is 5.15. The van der Waals surface area contributed by atoms with Gasteiger partial charge in [0.15, 0.2) is 5.17 Å². The third-order valence-electron chi connectivity index (χ3n) is 4.15. The number of esters is 1. The highest BCUT2D eigenvalue weighted by Gasteiger charge is 2.46. The summed E-state index contributed by atoms with van der Waals surface area (Å²) in [6, 6.07) is 5.14. The summed E-state index contributed by atoms with van der Waals surface area (Å²) in [5.41, 5.74) is 1.02. The predicted octanol–water partition coefficient (Wildman–Crippen LogP) is 2.81. The van der Waals surface area contributed by atoms with Crippen LogP contribution in [0.25, 0.3) is 0 Å². The van der Waals surface area contributed by atoms with Gasteiger partial charge in [-0.1, -0.05) is 23.9 Å². The third-order valence-corrected chi connectivity index (χ3v) is 5.20. The first-order chi connectivity index (χ1) is 12.3. The Morgan fingerprint density at radius 2 is 2.19 bits per heavy atom. The quantitative estimate of drug-likeness (QED) is 0.455. The van der Waals surface area contributed by atoms with Gasteiger partial charge in [0, 0.05) is 12.1 Å². The molecule has 0 N–H and O–H groups in total. The van der Waals surface area contributed by atoms with Crippen LogP contribution >= 0.6 is 11.8 Å². The number of amidine groups is 1. The first kappa shape index (κ1) is 18.1. The van der Waals surface area contributed by atoms with Gasteiger partial charge in [0.1, 0.15) is 0 Å². The number of benzene rings is 1. The Hall–Kier alpha value is -2.68. The first-order valence-electron chi connectivity index (χ1n) is 8.05. The highest BCUT2D eigenvalue weighted by Crippen LogP contribution is 2.43. The van der Waals surface area contributed by atoms with Gasteiger partial charge in [-0.05, 0) is 26.3 Å². The molecule has 0 radical (unpaired) electrons. The summed E-state index contributed by atoms with van der Waals surface area (Å²) in [5.74, 6) is -0.777. The molecule has 1 aromatic rings. The number of aliphatic imine (C=N–C) groups is 1. The number of allylic oxidation sites excluding steroid dienone is 1. The van der Waals surface area contributed by atoms with E-state index in [4.69, 9.17) is 4.74 Å². The first-order valence-corrected chi connectivity index (χ1v) is 8.93.